The van der Waals surface area contributed by atoms with Crippen LogP contribution in [0.5, 0.6) is 5.75 Å². The fourth-order valence-corrected chi connectivity index (χ4v) is 3.55. The summed E-state index contributed by atoms with van der Waals surface area (Å²) in [5.41, 5.74) is 11.2. The lowest BCUT2D eigenvalue weighted by Crippen LogP contribution is -2.44. The van der Waals surface area contributed by atoms with Gasteiger partial charge in [-0.15, -0.1) is 0 Å². The Bertz CT molecular complexity index is 855. The van der Waals surface area contributed by atoms with Gasteiger partial charge in [0.15, 0.2) is 0 Å². The molecule has 6 heteroatoms. The number of methoxy groups -OCH3 is 1. The van der Waals surface area contributed by atoms with Gasteiger partial charge in [0.25, 0.3) is 0 Å². The first-order valence-corrected chi connectivity index (χ1v) is 8.91. The van der Waals surface area contributed by atoms with Crippen molar-refractivity contribution >= 4 is 17.7 Å². The number of carbonyl (C=O) groups is 2. The molecule has 2 aromatic carbocycles. The highest BCUT2D eigenvalue weighted by molar-refractivity contribution is 5.99. The van der Waals surface area contributed by atoms with Crippen molar-refractivity contribution in [3.63, 3.8) is 0 Å². The average molecular weight is 368 g/mol. The number of rotatable bonds is 4. The summed E-state index contributed by atoms with van der Waals surface area (Å²) in [5.74, 6) is 0.336. The van der Waals surface area contributed by atoms with E-state index in [0.29, 0.717) is 18.7 Å². The zero-order valence-corrected chi connectivity index (χ0v) is 15.8. The number of hydrogen-bond acceptors (Lipinski definition) is 5. The Balaban J connectivity index is 1.75. The smallest absolute Gasteiger partial charge is 0.437 e. The summed E-state index contributed by atoms with van der Waals surface area (Å²) in [5, 5.41) is 0. The van der Waals surface area contributed by atoms with E-state index >= 15 is 0 Å². The Kier molecular flexibility index (Phi) is 5.46. The maximum absolute atomic E-state index is 12.9. The van der Waals surface area contributed by atoms with Gasteiger partial charge in [-0.1, -0.05) is 18.2 Å². The van der Waals surface area contributed by atoms with E-state index in [0.717, 1.165) is 28.8 Å². The maximum atomic E-state index is 12.9. The van der Waals surface area contributed by atoms with Crippen LogP contribution in [0.3, 0.4) is 0 Å². The highest BCUT2D eigenvalue weighted by Gasteiger charge is 2.28. The molecular weight excluding hydrogens is 344 g/mol. The van der Waals surface area contributed by atoms with Crippen LogP contribution in [0.4, 0.5) is 10.5 Å². The van der Waals surface area contributed by atoms with Gasteiger partial charge in [0.2, 0.25) is 5.91 Å². The molecule has 0 spiro atoms. The van der Waals surface area contributed by atoms with Crippen LogP contribution in [-0.4, -0.2) is 31.8 Å². The normalized spacial score (nSPS) is 13.9. The fourth-order valence-electron chi connectivity index (χ4n) is 3.55. The van der Waals surface area contributed by atoms with Gasteiger partial charge in [0.1, 0.15) is 5.75 Å². The van der Waals surface area contributed by atoms with Crippen molar-refractivity contribution in [2.24, 2.45) is 5.73 Å². The third-order valence-electron chi connectivity index (χ3n) is 4.93. The van der Waals surface area contributed by atoms with E-state index in [1.54, 1.807) is 17.0 Å². The molecule has 0 saturated carbocycles. The number of carbonyl (C=O) groups excluding carboxylic acids is 2. The van der Waals surface area contributed by atoms with Gasteiger partial charge < -0.3 is 20.1 Å². The lowest BCUT2D eigenvalue weighted by atomic mass is 9.95. The minimum absolute atomic E-state index is 0.0753. The molecule has 0 bridgehead atoms. The summed E-state index contributed by atoms with van der Waals surface area (Å²) in [6.45, 7) is 4.49. The van der Waals surface area contributed by atoms with Gasteiger partial charge in [0.05, 0.1) is 13.2 Å². The van der Waals surface area contributed by atoms with Crippen molar-refractivity contribution in [1.29, 1.82) is 0 Å². The Morgan fingerprint density at radius 1 is 1.19 bits per heavy atom. The number of amides is 1. The Morgan fingerprint density at radius 2 is 1.85 bits per heavy atom. The van der Waals surface area contributed by atoms with Crippen LogP contribution in [0.1, 0.15) is 22.3 Å². The first kappa shape index (κ1) is 18.9. The molecule has 2 aromatic rings. The number of anilines is 1. The van der Waals surface area contributed by atoms with Crippen molar-refractivity contribution in [2.75, 3.05) is 18.6 Å². The Labute approximate surface area is 158 Å². The zero-order valence-electron chi connectivity index (χ0n) is 15.8. The molecule has 0 aliphatic carbocycles. The largest absolute Gasteiger partial charge is 0.513 e. The molecule has 6 nitrogen and oxygen atoms in total. The monoisotopic (exact) mass is 368 g/mol. The molecule has 142 valence electrons. The van der Waals surface area contributed by atoms with Crippen LogP contribution >= 0.6 is 0 Å². The summed E-state index contributed by atoms with van der Waals surface area (Å²) in [7, 11) is 1.26. The highest BCUT2D eigenvalue weighted by atomic mass is 16.7. The molecule has 1 aliphatic rings. The topological polar surface area (TPSA) is 81.9 Å². The summed E-state index contributed by atoms with van der Waals surface area (Å²) in [4.78, 5) is 26.0. The Morgan fingerprint density at radius 3 is 2.52 bits per heavy atom. The minimum atomic E-state index is -0.763. The van der Waals surface area contributed by atoms with Crippen LogP contribution in [0.15, 0.2) is 36.4 Å². The summed E-state index contributed by atoms with van der Waals surface area (Å²) >= 11 is 0. The third kappa shape index (κ3) is 3.95. The maximum Gasteiger partial charge on any atom is 0.513 e. The second-order valence-corrected chi connectivity index (χ2v) is 6.77. The standard InChI is InChI=1S/C21H24N2O4/c1-13-10-16(27-21(25)26-3)11-14(2)17(13)12-18(22)20(24)23-9-8-15-6-4-5-7-19(15)23/h4-7,10-11,18H,8-9,12,22H2,1-3H3. The number of ether oxygens (including phenoxy) is 2. The van der Waals surface area contributed by atoms with Crippen molar-refractivity contribution in [3.8, 4) is 5.75 Å². The molecule has 1 heterocycles. The lowest BCUT2D eigenvalue weighted by Gasteiger charge is -2.23. The van der Waals surface area contributed by atoms with E-state index < -0.39 is 12.2 Å². The van der Waals surface area contributed by atoms with Crippen molar-refractivity contribution in [1.82, 2.24) is 0 Å². The van der Waals surface area contributed by atoms with Gasteiger partial charge in [0, 0.05) is 12.2 Å². The number of para-hydroxylation sites is 1. The summed E-state index contributed by atoms with van der Waals surface area (Å²) < 4.78 is 9.60. The number of nitrogens with zero attached hydrogens (tertiary/aromatic N) is 1. The molecular formula is C21H24N2O4. The van der Waals surface area contributed by atoms with Crippen LogP contribution in [0, 0.1) is 13.8 Å². The molecule has 1 aliphatic heterocycles. The second-order valence-electron chi connectivity index (χ2n) is 6.77. The molecule has 0 fully saturated rings. The zero-order chi connectivity index (χ0) is 19.6. The van der Waals surface area contributed by atoms with Gasteiger partial charge in [-0.2, -0.15) is 0 Å². The second kappa shape index (κ2) is 7.80. The third-order valence-corrected chi connectivity index (χ3v) is 4.93. The van der Waals surface area contributed by atoms with Crippen molar-refractivity contribution < 1.29 is 19.1 Å². The van der Waals surface area contributed by atoms with Crippen molar-refractivity contribution in [3.05, 3.63) is 58.7 Å². The van der Waals surface area contributed by atoms with Crippen LogP contribution in [0.25, 0.3) is 0 Å². The van der Waals surface area contributed by atoms with Gasteiger partial charge in [-0.25, -0.2) is 4.79 Å². The number of aryl methyl sites for hydroxylation is 2. The van der Waals surface area contributed by atoms with E-state index in [2.05, 4.69) is 4.74 Å². The molecule has 2 N–H and O–H groups in total. The minimum Gasteiger partial charge on any atom is -0.437 e. The summed E-state index contributed by atoms with van der Waals surface area (Å²) in [6.07, 6.45) is 0.515. The van der Waals surface area contributed by atoms with Crippen molar-refractivity contribution in [2.45, 2.75) is 32.7 Å². The number of fused-ring (bicyclic) bond motifs is 1. The lowest BCUT2D eigenvalue weighted by molar-refractivity contribution is -0.119. The van der Waals surface area contributed by atoms with Crippen LogP contribution in [0.2, 0.25) is 0 Å². The quantitative estimate of drug-likeness (QED) is 0.663. The fraction of sp³-hybridized carbons (Fsp3) is 0.333. The first-order chi connectivity index (χ1) is 12.9. The molecule has 0 saturated heterocycles. The van der Waals surface area contributed by atoms with E-state index in [1.165, 1.54) is 12.7 Å². The molecule has 1 unspecified atom stereocenters. The summed E-state index contributed by atoms with van der Waals surface area (Å²) in [6, 6.07) is 10.8. The molecule has 3 rings (SSSR count). The molecule has 1 atom stereocenters. The molecule has 1 amide bonds. The first-order valence-electron chi connectivity index (χ1n) is 8.91. The predicted octanol–water partition coefficient (Wildman–Crippen LogP) is 2.91. The van der Waals surface area contributed by atoms with E-state index in [1.807, 2.05) is 38.1 Å². The van der Waals surface area contributed by atoms with Crippen LogP contribution in [-0.2, 0) is 22.4 Å². The van der Waals surface area contributed by atoms with Crippen LogP contribution < -0.4 is 15.4 Å². The molecule has 27 heavy (non-hydrogen) atoms. The Hall–Kier alpha value is -2.86. The van der Waals surface area contributed by atoms with E-state index in [4.69, 9.17) is 10.5 Å². The molecule has 0 radical (unpaired) electrons. The van der Waals surface area contributed by atoms with Gasteiger partial charge in [-0.3, -0.25) is 4.79 Å². The van der Waals surface area contributed by atoms with E-state index in [9.17, 15) is 9.59 Å². The number of nitrogens with two attached hydrogens (primary N) is 1. The SMILES string of the molecule is COC(=O)Oc1cc(C)c(CC(N)C(=O)N2CCc3ccccc32)c(C)c1. The van der Waals surface area contributed by atoms with Gasteiger partial charge >= 0.3 is 6.16 Å². The predicted molar refractivity (Wildman–Crippen MR) is 103 cm³/mol. The molecule has 0 aromatic heterocycles. The van der Waals surface area contributed by atoms with Gasteiger partial charge in [-0.05, 0) is 67.1 Å². The number of hydrogen-bond donors (Lipinski definition) is 1. The average Bonchev–Trinajstić information content (AvgIpc) is 3.07. The van der Waals surface area contributed by atoms with E-state index in [-0.39, 0.29) is 5.91 Å². The highest BCUT2D eigenvalue weighted by Crippen LogP contribution is 2.29. The number of benzene rings is 2.